The summed E-state index contributed by atoms with van der Waals surface area (Å²) < 4.78 is 28.3. The van der Waals surface area contributed by atoms with Crippen LogP contribution in [0.5, 0.6) is 0 Å². The minimum atomic E-state index is -3.53. The summed E-state index contributed by atoms with van der Waals surface area (Å²) in [7, 11) is 1.04. The standard InChI is InChI=1S/C24H26N2O2S.CH3.ClH.Ru/c1-29(27,28)26-24(22-17-9-4-10-18-22)23(21-15-7-3-8-16-21)25-19-11-14-20-12-5-2-6-13-20;;;/h2-10,12-13,15-18,23-24H,11,14,19H2,1H3;1H3;1H;/q-2;-1;;+4/p-1/t23?,24-;;;/m1.../s1. The fraction of sp³-hybridized carbons (Fsp3) is 0.240. The van der Waals surface area contributed by atoms with Crippen molar-refractivity contribution in [3.05, 3.63) is 125 Å². The molecule has 0 spiro atoms. The number of aryl methyl sites for hydroxylation is 1. The summed E-state index contributed by atoms with van der Waals surface area (Å²) >= 11 is 1.82. The molecule has 32 heavy (non-hydrogen) atoms. The maximum absolute atomic E-state index is 12.1. The van der Waals surface area contributed by atoms with Gasteiger partial charge in [-0.3, -0.25) is 0 Å². The maximum atomic E-state index is 12.1. The molecular formula is C25H29ClN2O2RuS. The van der Waals surface area contributed by atoms with Crippen LogP contribution in [0, 0.1) is 7.43 Å². The molecule has 0 aromatic heterocycles. The molecule has 0 amide bonds. The number of halogens is 1. The topological polar surface area (TPSA) is 62.3 Å². The van der Waals surface area contributed by atoms with Gasteiger partial charge in [0.25, 0.3) is 0 Å². The Labute approximate surface area is 207 Å². The number of nitrogens with zero attached hydrogens (tertiary/aromatic N) is 2. The molecule has 0 aliphatic carbocycles. The second-order valence-electron chi connectivity index (χ2n) is 7.04. The van der Waals surface area contributed by atoms with E-state index >= 15 is 0 Å². The first kappa shape index (κ1) is 28.5. The van der Waals surface area contributed by atoms with Gasteiger partial charge in [-0.25, -0.2) is 8.42 Å². The van der Waals surface area contributed by atoms with E-state index in [4.69, 9.17) is 5.32 Å². The molecule has 0 N–H and O–H groups in total. The predicted octanol–water partition coefficient (Wildman–Crippen LogP) is 6.95. The Balaban J connectivity index is 0.00000166. The first-order valence-corrected chi connectivity index (χ1v) is 14.0. The summed E-state index contributed by atoms with van der Waals surface area (Å²) in [5.41, 5.74) is 3.09. The Bertz CT molecular complexity index is 975. The van der Waals surface area contributed by atoms with Crippen LogP contribution < -0.4 is 0 Å². The van der Waals surface area contributed by atoms with Crippen LogP contribution in [0.3, 0.4) is 0 Å². The van der Waals surface area contributed by atoms with Gasteiger partial charge in [0.1, 0.15) is 0 Å². The molecule has 0 heterocycles. The summed E-state index contributed by atoms with van der Waals surface area (Å²) in [6.45, 7) is 0.636. The van der Waals surface area contributed by atoms with Gasteiger partial charge in [0, 0.05) is 6.26 Å². The number of benzene rings is 3. The number of rotatable bonds is 10. The van der Waals surface area contributed by atoms with Crippen molar-refractivity contribution in [3.63, 3.8) is 0 Å². The molecule has 0 saturated heterocycles. The van der Waals surface area contributed by atoms with Gasteiger partial charge in [-0.2, -0.15) is 0 Å². The molecule has 4 nitrogen and oxygen atoms in total. The predicted molar refractivity (Wildman–Crippen MR) is 132 cm³/mol. The van der Waals surface area contributed by atoms with E-state index in [1.165, 1.54) is 5.56 Å². The molecular weight excluding hydrogens is 529 g/mol. The summed E-state index contributed by atoms with van der Waals surface area (Å²) in [6, 6.07) is 28.7. The Morgan fingerprint density at radius 3 is 1.69 bits per heavy atom. The van der Waals surface area contributed by atoms with E-state index in [-0.39, 0.29) is 13.5 Å². The van der Waals surface area contributed by atoms with Crippen LogP contribution in [0.25, 0.3) is 10.0 Å². The van der Waals surface area contributed by atoms with E-state index in [1.807, 2.05) is 96.2 Å². The Morgan fingerprint density at radius 1 is 0.781 bits per heavy atom. The van der Waals surface area contributed by atoms with Crippen LogP contribution in [0.15, 0.2) is 91.0 Å². The summed E-state index contributed by atoms with van der Waals surface area (Å²) in [5.74, 6) is 0. The van der Waals surface area contributed by atoms with Crippen LogP contribution >= 0.6 is 9.69 Å². The molecule has 3 aromatic rings. The molecule has 3 rings (SSSR count). The van der Waals surface area contributed by atoms with Crippen LogP contribution in [-0.2, 0) is 33.8 Å². The quantitative estimate of drug-likeness (QED) is 0.154. The fourth-order valence-corrected chi connectivity index (χ4v) is 4.00. The minimum absolute atomic E-state index is 0. The van der Waals surface area contributed by atoms with Gasteiger partial charge >= 0.3 is 27.0 Å². The van der Waals surface area contributed by atoms with Gasteiger partial charge in [0.05, 0.1) is 10.0 Å². The normalized spacial score (nSPS) is 12.6. The summed E-state index contributed by atoms with van der Waals surface area (Å²) in [5, 5.41) is 4.91. The van der Waals surface area contributed by atoms with Crippen molar-refractivity contribution in [3.8, 4) is 0 Å². The van der Waals surface area contributed by atoms with Crippen LogP contribution in [0.1, 0.15) is 35.2 Å². The van der Waals surface area contributed by atoms with E-state index in [0.717, 1.165) is 30.2 Å². The SMILES string of the molecule is CS(=O)(=O)[N-][C@H](c1ccccc1)C([N-]CCCc1ccccc1)c1ccccc1.[CH3-].[Cl][Ru+3]. The molecule has 0 bridgehead atoms. The first-order valence-electron chi connectivity index (χ1n) is 9.89. The molecule has 172 valence electrons. The van der Waals surface area contributed by atoms with Gasteiger partial charge in [0.2, 0.25) is 0 Å². The number of sulfonamides is 1. The van der Waals surface area contributed by atoms with E-state index in [0.29, 0.717) is 6.54 Å². The molecule has 1 unspecified atom stereocenters. The second-order valence-corrected chi connectivity index (χ2v) is 8.72. The third-order valence-electron chi connectivity index (χ3n) is 4.68. The van der Waals surface area contributed by atoms with E-state index in [2.05, 4.69) is 26.5 Å². The molecule has 3 aromatic carbocycles. The average molecular weight is 558 g/mol. The molecule has 0 saturated carbocycles. The Morgan fingerprint density at radius 2 is 1.22 bits per heavy atom. The van der Waals surface area contributed by atoms with E-state index < -0.39 is 16.1 Å². The molecule has 0 radical (unpaired) electrons. The molecule has 7 heteroatoms. The van der Waals surface area contributed by atoms with Crippen LogP contribution in [0.4, 0.5) is 0 Å². The number of hydrogen-bond acceptors (Lipinski definition) is 2. The zero-order valence-electron chi connectivity index (χ0n) is 18.3. The molecule has 2 atom stereocenters. The third-order valence-corrected chi connectivity index (χ3v) is 5.29. The van der Waals surface area contributed by atoms with Gasteiger partial charge in [-0.05, 0) is 12.0 Å². The van der Waals surface area contributed by atoms with Crippen LogP contribution in [0.2, 0.25) is 0 Å². The molecule has 0 aliphatic rings. The van der Waals surface area contributed by atoms with Crippen LogP contribution in [-0.4, -0.2) is 21.2 Å². The average Bonchev–Trinajstić information content (AvgIpc) is 2.80. The van der Waals surface area contributed by atoms with E-state index in [9.17, 15) is 8.42 Å². The second kappa shape index (κ2) is 15.3. The van der Waals surface area contributed by atoms with Crippen molar-refractivity contribution < 1.29 is 25.7 Å². The third kappa shape index (κ3) is 9.93. The Hall–Kier alpha value is -1.56. The van der Waals surface area contributed by atoms with Crippen molar-refractivity contribution in [1.82, 2.24) is 0 Å². The van der Waals surface area contributed by atoms with Gasteiger partial charge < -0.3 is 17.5 Å². The van der Waals surface area contributed by atoms with Crippen molar-refractivity contribution in [2.75, 3.05) is 12.8 Å². The Kier molecular flexibility index (Phi) is 13.6. The number of hydrogen-bond donors (Lipinski definition) is 0. The summed E-state index contributed by atoms with van der Waals surface area (Å²) in [6.07, 6.45) is 2.97. The van der Waals surface area contributed by atoms with Crippen molar-refractivity contribution in [2.24, 2.45) is 0 Å². The van der Waals surface area contributed by atoms with Crippen molar-refractivity contribution >= 4 is 19.7 Å². The van der Waals surface area contributed by atoms with Gasteiger partial charge in [0.15, 0.2) is 0 Å². The zero-order chi connectivity index (χ0) is 22.5. The fourth-order valence-electron chi connectivity index (χ4n) is 3.35. The van der Waals surface area contributed by atoms with Crippen molar-refractivity contribution in [2.45, 2.75) is 24.9 Å². The first-order chi connectivity index (χ1) is 15.0. The van der Waals surface area contributed by atoms with Gasteiger partial charge in [-0.1, -0.05) is 109 Å². The molecule has 0 fully saturated rings. The van der Waals surface area contributed by atoms with E-state index in [1.54, 1.807) is 0 Å². The molecule has 0 aliphatic heterocycles. The monoisotopic (exact) mass is 558 g/mol. The van der Waals surface area contributed by atoms with Crippen molar-refractivity contribution in [1.29, 1.82) is 0 Å². The zero-order valence-corrected chi connectivity index (χ0v) is 21.6. The van der Waals surface area contributed by atoms with Gasteiger partial charge in [-0.15, -0.1) is 18.6 Å². The summed E-state index contributed by atoms with van der Waals surface area (Å²) in [4.78, 5) is 0.